The van der Waals surface area contributed by atoms with Crippen LogP contribution in [-0.2, 0) is 10.8 Å². The molecule has 2 rings (SSSR count). The maximum atomic E-state index is 12.3. The van der Waals surface area contributed by atoms with E-state index in [9.17, 15) is 4.21 Å². The molecule has 0 saturated carbocycles. The van der Waals surface area contributed by atoms with Gasteiger partial charge in [0.25, 0.3) is 0 Å². The highest BCUT2D eigenvalue weighted by Gasteiger charge is 2.06. The predicted octanol–water partition coefficient (Wildman–Crippen LogP) is 4.15. The Kier molecular flexibility index (Phi) is 12.4. The first kappa shape index (κ1) is 24.0. The standard InChI is InChI=1S/C20H27N3OS2.HI/c1-3-21-20(22-14-15-26(24)19-12-8-5-9-13-19)23-16-17(2)25-18-10-6-4-7-11-18;/h4-13,17H,3,14-16H2,1-2H3,(H2,21,22,23);1H. The van der Waals surface area contributed by atoms with Crippen LogP contribution >= 0.6 is 35.7 Å². The average Bonchev–Trinajstić information content (AvgIpc) is 2.67. The molecule has 148 valence electrons. The normalized spacial score (nSPS) is 13.3. The Hall–Kier alpha value is -1.06. The van der Waals surface area contributed by atoms with Gasteiger partial charge in [-0.2, -0.15) is 0 Å². The Labute approximate surface area is 186 Å². The summed E-state index contributed by atoms with van der Waals surface area (Å²) in [5.41, 5.74) is 0. The fourth-order valence-electron chi connectivity index (χ4n) is 2.28. The predicted molar refractivity (Wildman–Crippen MR) is 129 cm³/mol. The van der Waals surface area contributed by atoms with Crippen molar-refractivity contribution in [3.05, 3.63) is 60.7 Å². The van der Waals surface area contributed by atoms with E-state index in [2.05, 4.69) is 46.8 Å². The van der Waals surface area contributed by atoms with E-state index in [1.54, 1.807) is 0 Å². The molecule has 0 fully saturated rings. The Balaban J connectivity index is 0.00000364. The molecule has 27 heavy (non-hydrogen) atoms. The zero-order valence-electron chi connectivity index (χ0n) is 15.8. The van der Waals surface area contributed by atoms with Gasteiger partial charge in [0.2, 0.25) is 0 Å². The molecule has 4 nitrogen and oxygen atoms in total. The molecule has 2 aromatic rings. The van der Waals surface area contributed by atoms with Crippen molar-refractivity contribution in [2.75, 3.05) is 25.4 Å². The highest BCUT2D eigenvalue weighted by molar-refractivity contribution is 14.0. The lowest BCUT2D eigenvalue weighted by atomic mass is 10.4. The van der Waals surface area contributed by atoms with E-state index in [1.807, 2.05) is 55.1 Å². The second-order valence-electron chi connectivity index (χ2n) is 5.75. The summed E-state index contributed by atoms with van der Waals surface area (Å²) in [6.45, 7) is 6.36. The van der Waals surface area contributed by atoms with Crippen LogP contribution in [-0.4, -0.2) is 40.8 Å². The van der Waals surface area contributed by atoms with Crippen LogP contribution < -0.4 is 10.6 Å². The molecule has 7 heteroatoms. The van der Waals surface area contributed by atoms with E-state index in [1.165, 1.54) is 4.90 Å². The molecule has 0 aromatic heterocycles. The van der Waals surface area contributed by atoms with E-state index in [0.29, 0.717) is 17.5 Å². The zero-order valence-corrected chi connectivity index (χ0v) is 19.7. The minimum absolute atomic E-state index is 0. The number of halogens is 1. The third-order valence-electron chi connectivity index (χ3n) is 3.52. The van der Waals surface area contributed by atoms with Gasteiger partial charge < -0.3 is 10.6 Å². The van der Waals surface area contributed by atoms with Gasteiger partial charge >= 0.3 is 0 Å². The molecule has 0 heterocycles. The van der Waals surface area contributed by atoms with E-state index in [0.717, 1.165) is 23.9 Å². The largest absolute Gasteiger partial charge is 0.357 e. The molecule has 0 aliphatic carbocycles. The van der Waals surface area contributed by atoms with Crippen molar-refractivity contribution in [3.8, 4) is 0 Å². The van der Waals surface area contributed by atoms with E-state index >= 15 is 0 Å². The Morgan fingerprint density at radius 1 is 1.07 bits per heavy atom. The summed E-state index contributed by atoms with van der Waals surface area (Å²) in [5, 5.41) is 6.90. The van der Waals surface area contributed by atoms with Gasteiger partial charge in [0.1, 0.15) is 0 Å². The molecule has 2 atom stereocenters. The smallest absolute Gasteiger partial charge is 0.191 e. The minimum Gasteiger partial charge on any atom is -0.357 e. The summed E-state index contributed by atoms with van der Waals surface area (Å²) in [6.07, 6.45) is 0. The Morgan fingerprint density at radius 2 is 1.70 bits per heavy atom. The molecule has 0 amide bonds. The number of nitrogens with zero attached hydrogens (tertiary/aromatic N) is 1. The number of aliphatic imine (C=N–C) groups is 1. The highest BCUT2D eigenvalue weighted by Crippen LogP contribution is 2.22. The second kappa shape index (κ2) is 14.0. The van der Waals surface area contributed by atoms with Gasteiger partial charge in [0, 0.05) is 33.9 Å². The number of hydrogen-bond donors (Lipinski definition) is 2. The van der Waals surface area contributed by atoms with Crippen LogP contribution in [0.25, 0.3) is 0 Å². The Bertz CT molecular complexity index is 699. The summed E-state index contributed by atoms with van der Waals surface area (Å²) < 4.78 is 12.3. The first-order valence-electron chi connectivity index (χ1n) is 8.86. The number of guanidine groups is 1. The summed E-state index contributed by atoms with van der Waals surface area (Å²) in [4.78, 5) is 6.77. The SMILES string of the molecule is CCNC(=NCC(C)Sc1ccccc1)NCCS(=O)c1ccccc1.I. The average molecular weight is 518 g/mol. The van der Waals surface area contributed by atoms with Crippen LogP contribution in [0, 0.1) is 0 Å². The lowest BCUT2D eigenvalue weighted by Crippen LogP contribution is -2.39. The van der Waals surface area contributed by atoms with Gasteiger partial charge in [-0.25, -0.2) is 0 Å². The number of hydrogen-bond acceptors (Lipinski definition) is 3. The summed E-state index contributed by atoms with van der Waals surface area (Å²) >= 11 is 1.82. The molecule has 0 bridgehead atoms. The lowest BCUT2D eigenvalue weighted by molar-refractivity contribution is 0.681. The zero-order chi connectivity index (χ0) is 18.6. The van der Waals surface area contributed by atoms with Gasteiger partial charge in [-0.3, -0.25) is 9.20 Å². The fourth-order valence-corrected chi connectivity index (χ4v) is 4.19. The molecule has 0 radical (unpaired) electrons. The van der Waals surface area contributed by atoms with Crippen LogP contribution in [0.15, 0.2) is 75.4 Å². The van der Waals surface area contributed by atoms with Crippen molar-refractivity contribution in [1.82, 2.24) is 10.6 Å². The van der Waals surface area contributed by atoms with E-state index < -0.39 is 10.8 Å². The van der Waals surface area contributed by atoms with Crippen molar-refractivity contribution in [3.63, 3.8) is 0 Å². The van der Waals surface area contributed by atoms with Crippen LogP contribution in [0.4, 0.5) is 0 Å². The van der Waals surface area contributed by atoms with Crippen LogP contribution in [0.2, 0.25) is 0 Å². The van der Waals surface area contributed by atoms with Crippen molar-refractivity contribution >= 4 is 52.5 Å². The molecule has 0 aliphatic rings. The molecule has 2 aromatic carbocycles. The van der Waals surface area contributed by atoms with Crippen molar-refractivity contribution in [1.29, 1.82) is 0 Å². The van der Waals surface area contributed by atoms with Crippen LogP contribution in [0.3, 0.4) is 0 Å². The molecule has 2 N–H and O–H groups in total. The van der Waals surface area contributed by atoms with Gasteiger partial charge in [0.15, 0.2) is 5.96 Å². The van der Waals surface area contributed by atoms with Gasteiger partial charge in [-0.1, -0.05) is 43.3 Å². The molecule has 0 aliphatic heterocycles. The maximum Gasteiger partial charge on any atom is 0.191 e. The monoisotopic (exact) mass is 517 g/mol. The molecular weight excluding hydrogens is 489 g/mol. The van der Waals surface area contributed by atoms with Gasteiger partial charge in [-0.15, -0.1) is 35.7 Å². The number of benzene rings is 2. The van der Waals surface area contributed by atoms with Crippen LogP contribution in [0.5, 0.6) is 0 Å². The van der Waals surface area contributed by atoms with Crippen molar-refractivity contribution in [2.45, 2.75) is 28.9 Å². The third-order valence-corrected chi connectivity index (χ3v) is 5.99. The first-order valence-corrected chi connectivity index (χ1v) is 11.1. The quantitative estimate of drug-likeness (QED) is 0.227. The minimum atomic E-state index is -0.992. The molecule has 0 spiro atoms. The summed E-state index contributed by atoms with van der Waals surface area (Å²) in [7, 11) is -0.992. The fraction of sp³-hybridized carbons (Fsp3) is 0.350. The Morgan fingerprint density at radius 3 is 2.33 bits per heavy atom. The van der Waals surface area contributed by atoms with Crippen molar-refractivity contribution < 1.29 is 4.21 Å². The van der Waals surface area contributed by atoms with E-state index in [4.69, 9.17) is 0 Å². The first-order chi connectivity index (χ1) is 12.7. The topological polar surface area (TPSA) is 53.5 Å². The molecule has 2 unspecified atom stereocenters. The lowest BCUT2D eigenvalue weighted by Gasteiger charge is -2.13. The van der Waals surface area contributed by atoms with Crippen LogP contribution in [0.1, 0.15) is 13.8 Å². The number of nitrogens with one attached hydrogen (secondary N) is 2. The van der Waals surface area contributed by atoms with Gasteiger partial charge in [-0.05, 0) is 31.2 Å². The second-order valence-corrected chi connectivity index (χ2v) is 8.83. The van der Waals surface area contributed by atoms with Crippen molar-refractivity contribution in [2.24, 2.45) is 4.99 Å². The summed E-state index contributed by atoms with van der Waals surface area (Å²) in [5.74, 6) is 1.33. The molecule has 0 saturated heterocycles. The highest BCUT2D eigenvalue weighted by atomic mass is 127. The van der Waals surface area contributed by atoms with E-state index in [-0.39, 0.29) is 24.0 Å². The van der Waals surface area contributed by atoms with Gasteiger partial charge in [0.05, 0.1) is 17.3 Å². The maximum absolute atomic E-state index is 12.3. The summed E-state index contributed by atoms with van der Waals surface area (Å²) in [6, 6.07) is 19.9. The third kappa shape index (κ3) is 9.62. The number of thioether (sulfide) groups is 1. The molecular formula is C20H28IN3OS2. The number of rotatable bonds is 9.